The zero-order chi connectivity index (χ0) is 24.9. The molecule has 1 fully saturated rings. The molecule has 3 rings (SSSR count). The van der Waals surface area contributed by atoms with Gasteiger partial charge in [-0.15, -0.1) is 0 Å². The van der Waals surface area contributed by atoms with Crippen LogP contribution in [0.1, 0.15) is 23.2 Å². The summed E-state index contributed by atoms with van der Waals surface area (Å²) in [5.41, 5.74) is -5.28. The van der Waals surface area contributed by atoms with Gasteiger partial charge in [0.25, 0.3) is 5.92 Å². The highest BCUT2D eigenvalue weighted by atomic mass is 35.5. The summed E-state index contributed by atoms with van der Waals surface area (Å²) in [4.78, 5) is 16.7. The number of hydrogen-bond acceptors (Lipinski definition) is 4. The smallest absolute Gasteiger partial charge is 0.416 e. The summed E-state index contributed by atoms with van der Waals surface area (Å²) in [6.45, 7) is 0. The first-order chi connectivity index (χ1) is 15.1. The van der Waals surface area contributed by atoms with Gasteiger partial charge in [-0.05, 0) is 12.1 Å². The number of nitrogens with one attached hydrogen (secondary N) is 1. The van der Waals surface area contributed by atoms with Crippen molar-refractivity contribution in [3.63, 3.8) is 0 Å². The van der Waals surface area contributed by atoms with Gasteiger partial charge in [-0.1, -0.05) is 23.2 Å². The second-order valence-electron chi connectivity index (χ2n) is 7.28. The Morgan fingerprint density at radius 2 is 1.91 bits per heavy atom. The van der Waals surface area contributed by atoms with Gasteiger partial charge < -0.3 is 15.3 Å². The summed E-state index contributed by atoms with van der Waals surface area (Å²) < 4.78 is 68.9. The lowest BCUT2D eigenvalue weighted by atomic mass is 10.0. The van der Waals surface area contributed by atoms with E-state index in [9.17, 15) is 32.0 Å². The lowest BCUT2D eigenvalue weighted by Crippen LogP contribution is -2.38. The van der Waals surface area contributed by atoms with Crippen LogP contribution in [-0.2, 0) is 11.7 Å². The molecular weight excluding hydrogens is 498 g/mol. The van der Waals surface area contributed by atoms with Gasteiger partial charge in [-0.25, -0.2) is 23.2 Å². The van der Waals surface area contributed by atoms with E-state index in [1.54, 1.807) is 11.4 Å². The Balaban J connectivity index is 2.36. The molecule has 1 heterocycles. The minimum Gasteiger partial charge on any atom is -0.465 e. The molecule has 1 aromatic heterocycles. The Hall–Kier alpha value is -3.11. The molecule has 8 nitrogen and oxygen atoms in total. The largest absolute Gasteiger partial charge is 0.465 e. The quantitative estimate of drug-likeness (QED) is 0.341. The van der Waals surface area contributed by atoms with Crippen LogP contribution in [0.15, 0.2) is 17.1 Å². The standard InChI is InChI=1S/C18H13Cl2F5N6O2/c1-30(2)7-27-14-12(16(28-15(32)33)6-17(16,21)22)11(5-26)29-31(14)13-9(19)3-8(4-10(13)20)18(23,24)25/h3-4,7,28H,6H2,1-2H3,(H,32,33). The minimum absolute atomic E-state index is 0.366. The number of benzene rings is 1. The summed E-state index contributed by atoms with van der Waals surface area (Å²) >= 11 is 12.1. The fraction of sp³-hybridized carbons (Fsp3) is 0.333. The van der Waals surface area contributed by atoms with Crippen LogP contribution in [0.2, 0.25) is 10.0 Å². The third-order valence-electron chi connectivity index (χ3n) is 4.67. The first kappa shape index (κ1) is 24.5. The number of alkyl halides is 5. The van der Waals surface area contributed by atoms with Crippen LogP contribution in [0.4, 0.5) is 32.6 Å². The van der Waals surface area contributed by atoms with Gasteiger partial charge in [0, 0.05) is 20.5 Å². The molecule has 1 aliphatic rings. The van der Waals surface area contributed by atoms with Crippen molar-refractivity contribution in [1.82, 2.24) is 20.0 Å². The second kappa shape index (κ2) is 8.03. The lowest BCUT2D eigenvalue weighted by molar-refractivity contribution is -0.137. The van der Waals surface area contributed by atoms with Crippen LogP contribution in [0, 0.1) is 11.3 Å². The Morgan fingerprint density at radius 3 is 2.30 bits per heavy atom. The van der Waals surface area contributed by atoms with E-state index in [2.05, 4.69) is 10.1 Å². The molecule has 1 aliphatic carbocycles. The van der Waals surface area contributed by atoms with E-state index in [-0.39, 0.29) is 5.69 Å². The van der Waals surface area contributed by atoms with Crippen molar-refractivity contribution in [1.29, 1.82) is 5.26 Å². The van der Waals surface area contributed by atoms with Crippen molar-refractivity contribution >= 4 is 41.5 Å². The molecule has 1 aromatic carbocycles. The molecule has 33 heavy (non-hydrogen) atoms. The van der Waals surface area contributed by atoms with E-state index >= 15 is 0 Å². The monoisotopic (exact) mass is 510 g/mol. The Labute approximate surface area is 192 Å². The molecule has 0 radical (unpaired) electrons. The Kier molecular flexibility index (Phi) is 5.97. The number of nitriles is 1. The molecule has 2 N–H and O–H groups in total. The van der Waals surface area contributed by atoms with Gasteiger partial charge in [0.1, 0.15) is 17.3 Å². The molecular formula is C18H13Cl2F5N6O2. The number of aromatic nitrogens is 2. The predicted molar refractivity (Wildman–Crippen MR) is 108 cm³/mol. The molecule has 1 unspecified atom stereocenters. The van der Waals surface area contributed by atoms with Crippen LogP contribution in [-0.4, -0.2) is 52.2 Å². The molecule has 0 saturated heterocycles. The molecule has 1 atom stereocenters. The maximum atomic E-state index is 14.4. The third-order valence-corrected chi connectivity index (χ3v) is 5.24. The van der Waals surface area contributed by atoms with Crippen molar-refractivity contribution in [3.05, 3.63) is 39.0 Å². The number of halogens is 7. The Bertz CT molecular complexity index is 1180. The highest BCUT2D eigenvalue weighted by molar-refractivity contribution is 6.38. The van der Waals surface area contributed by atoms with Crippen molar-refractivity contribution in [3.8, 4) is 11.8 Å². The van der Waals surface area contributed by atoms with Gasteiger partial charge in [-0.3, -0.25) is 0 Å². The fourth-order valence-corrected chi connectivity index (χ4v) is 3.85. The number of aliphatic imine (C=N–C) groups is 1. The summed E-state index contributed by atoms with van der Waals surface area (Å²) in [5.74, 6) is -4.06. The average Bonchev–Trinajstić information content (AvgIpc) is 3.02. The molecule has 0 aliphatic heterocycles. The normalized spacial score (nSPS) is 19.4. The van der Waals surface area contributed by atoms with E-state index in [1.807, 2.05) is 0 Å². The molecule has 15 heteroatoms. The van der Waals surface area contributed by atoms with Crippen LogP contribution < -0.4 is 5.32 Å². The Morgan fingerprint density at radius 1 is 1.36 bits per heavy atom. The lowest BCUT2D eigenvalue weighted by Gasteiger charge is -2.18. The number of amides is 1. The zero-order valence-corrected chi connectivity index (χ0v) is 18.2. The summed E-state index contributed by atoms with van der Waals surface area (Å²) in [6.07, 6.45) is -6.43. The SMILES string of the molecule is CN(C)C=Nc1c(C2(NC(=O)O)CC2(F)F)c(C#N)nn1-c1c(Cl)cc(C(F)(F)F)cc1Cl. The van der Waals surface area contributed by atoms with E-state index in [4.69, 9.17) is 28.3 Å². The second-order valence-corrected chi connectivity index (χ2v) is 8.10. The minimum atomic E-state index is -4.78. The van der Waals surface area contributed by atoms with Crippen molar-refractivity contribution in [2.45, 2.75) is 24.1 Å². The van der Waals surface area contributed by atoms with Crippen LogP contribution >= 0.6 is 23.2 Å². The summed E-state index contributed by atoms with van der Waals surface area (Å²) in [7, 11) is 3.06. The molecule has 2 aromatic rings. The molecule has 0 bridgehead atoms. The van der Waals surface area contributed by atoms with E-state index < -0.39 is 62.8 Å². The first-order valence-corrected chi connectivity index (χ1v) is 9.60. The van der Waals surface area contributed by atoms with Crippen LogP contribution in [0.3, 0.4) is 0 Å². The molecule has 176 valence electrons. The van der Waals surface area contributed by atoms with E-state index in [0.29, 0.717) is 12.1 Å². The van der Waals surface area contributed by atoms with Gasteiger partial charge in [0.05, 0.1) is 27.5 Å². The number of carbonyl (C=O) groups is 1. The van der Waals surface area contributed by atoms with E-state index in [0.717, 1.165) is 11.0 Å². The van der Waals surface area contributed by atoms with Crippen LogP contribution in [0.25, 0.3) is 5.69 Å². The van der Waals surface area contributed by atoms with Gasteiger partial charge >= 0.3 is 12.3 Å². The van der Waals surface area contributed by atoms with Crippen molar-refractivity contribution in [2.75, 3.05) is 14.1 Å². The van der Waals surface area contributed by atoms with Crippen molar-refractivity contribution < 1.29 is 31.9 Å². The fourth-order valence-electron chi connectivity index (χ4n) is 3.20. The first-order valence-electron chi connectivity index (χ1n) is 8.84. The molecule has 1 amide bonds. The third kappa shape index (κ3) is 4.28. The highest BCUT2D eigenvalue weighted by Gasteiger charge is 2.75. The molecule has 1 saturated carbocycles. The van der Waals surface area contributed by atoms with Crippen LogP contribution in [0.5, 0.6) is 0 Å². The molecule has 0 spiro atoms. The van der Waals surface area contributed by atoms with Gasteiger partial charge in [-0.2, -0.15) is 23.5 Å². The predicted octanol–water partition coefficient (Wildman–Crippen LogP) is 4.79. The number of carboxylic acid groups (broad SMARTS) is 1. The zero-order valence-electron chi connectivity index (χ0n) is 16.7. The maximum Gasteiger partial charge on any atom is 0.416 e. The van der Waals surface area contributed by atoms with Gasteiger partial charge in [0.2, 0.25) is 0 Å². The summed E-state index contributed by atoms with van der Waals surface area (Å²) in [6, 6.07) is 2.69. The number of hydrogen-bond donors (Lipinski definition) is 2. The number of rotatable bonds is 5. The number of nitrogens with zero attached hydrogens (tertiary/aromatic N) is 5. The van der Waals surface area contributed by atoms with Gasteiger partial charge in [0.15, 0.2) is 11.5 Å². The summed E-state index contributed by atoms with van der Waals surface area (Å²) in [5, 5.41) is 23.1. The highest BCUT2D eigenvalue weighted by Crippen LogP contribution is 2.62. The van der Waals surface area contributed by atoms with Crippen molar-refractivity contribution in [2.24, 2.45) is 4.99 Å². The van der Waals surface area contributed by atoms with E-state index in [1.165, 1.54) is 19.0 Å². The topological polar surface area (TPSA) is 107 Å². The maximum absolute atomic E-state index is 14.4. The average molecular weight is 511 g/mol.